The molecule has 1 aromatic carbocycles. The van der Waals surface area contributed by atoms with Gasteiger partial charge in [0, 0.05) is 30.8 Å². The van der Waals surface area contributed by atoms with E-state index in [1.165, 1.54) is 11.3 Å². The molecule has 0 bridgehead atoms. The van der Waals surface area contributed by atoms with Gasteiger partial charge in [0.2, 0.25) is 5.01 Å². The molecule has 1 aliphatic heterocycles. The van der Waals surface area contributed by atoms with E-state index in [2.05, 4.69) is 29.4 Å². The van der Waals surface area contributed by atoms with E-state index in [9.17, 15) is 9.59 Å². The quantitative estimate of drug-likeness (QED) is 0.869. The summed E-state index contributed by atoms with van der Waals surface area (Å²) in [6.07, 6.45) is 0.809. The lowest BCUT2D eigenvalue weighted by molar-refractivity contribution is 0.0303. The van der Waals surface area contributed by atoms with Gasteiger partial charge in [0.15, 0.2) is 0 Å². The van der Waals surface area contributed by atoms with Crippen LogP contribution < -0.4 is 5.32 Å². The second kappa shape index (κ2) is 8.37. The van der Waals surface area contributed by atoms with E-state index in [-0.39, 0.29) is 11.8 Å². The van der Waals surface area contributed by atoms with Crippen LogP contribution in [0.15, 0.2) is 24.3 Å². The number of morpholine rings is 1. The molecule has 1 N–H and O–H groups in total. The van der Waals surface area contributed by atoms with Gasteiger partial charge in [-0.1, -0.05) is 25.2 Å². The average molecular weight is 374 g/mol. The predicted octanol–water partition coefficient (Wildman–Crippen LogP) is 2.46. The summed E-state index contributed by atoms with van der Waals surface area (Å²) in [6.45, 7) is 6.54. The van der Waals surface area contributed by atoms with Crippen LogP contribution in [-0.2, 0) is 11.2 Å². The number of nitrogens with zero attached hydrogens (tertiary/aromatic N) is 3. The lowest BCUT2D eigenvalue weighted by Crippen LogP contribution is -2.40. The van der Waals surface area contributed by atoms with Crippen molar-refractivity contribution in [2.24, 2.45) is 5.92 Å². The number of rotatable bonds is 5. The van der Waals surface area contributed by atoms with Crippen LogP contribution in [-0.4, -0.2) is 53.2 Å². The molecule has 26 heavy (non-hydrogen) atoms. The van der Waals surface area contributed by atoms with Gasteiger partial charge in [0.1, 0.15) is 5.01 Å². The Hall–Kier alpha value is -2.32. The van der Waals surface area contributed by atoms with E-state index < -0.39 is 0 Å². The minimum atomic E-state index is -0.287. The van der Waals surface area contributed by atoms with Crippen molar-refractivity contribution in [3.05, 3.63) is 39.8 Å². The smallest absolute Gasteiger partial charge is 0.286 e. The second-order valence-corrected chi connectivity index (χ2v) is 7.60. The molecule has 1 aromatic heterocycles. The minimum absolute atomic E-state index is 0.0198. The lowest BCUT2D eigenvalue weighted by atomic mass is 10.1. The van der Waals surface area contributed by atoms with E-state index in [4.69, 9.17) is 4.74 Å². The molecule has 0 atom stereocenters. The van der Waals surface area contributed by atoms with Gasteiger partial charge in [0.25, 0.3) is 11.8 Å². The summed E-state index contributed by atoms with van der Waals surface area (Å²) in [5.41, 5.74) is 1.22. The number of amides is 2. The first-order valence-electron chi connectivity index (χ1n) is 8.63. The fourth-order valence-electron chi connectivity index (χ4n) is 2.61. The SMILES string of the molecule is CC(C)Cc1nnc(C(=O)Nc2ccc(C(=O)N3CCOCC3)cc2)s1. The van der Waals surface area contributed by atoms with Crippen molar-refractivity contribution in [3.63, 3.8) is 0 Å². The fourth-order valence-corrected chi connectivity index (χ4v) is 3.55. The van der Waals surface area contributed by atoms with Gasteiger partial charge >= 0.3 is 0 Å². The third kappa shape index (κ3) is 4.64. The first-order chi connectivity index (χ1) is 12.5. The summed E-state index contributed by atoms with van der Waals surface area (Å²) in [5, 5.41) is 12.0. The molecule has 0 spiro atoms. The van der Waals surface area contributed by atoms with Crippen LogP contribution in [0.4, 0.5) is 5.69 Å². The van der Waals surface area contributed by atoms with Crippen LogP contribution >= 0.6 is 11.3 Å². The number of hydrogen-bond acceptors (Lipinski definition) is 6. The van der Waals surface area contributed by atoms with E-state index in [0.29, 0.717) is 48.5 Å². The Morgan fingerprint density at radius 2 is 1.88 bits per heavy atom. The van der Waals surface area contributed by atoms with Gasteiger partial charge in [-0.15, -0.1) is 10.2 Å². The van der Waals surface area contributed by atoms with Crippen LogP contribution in [0, 0.1) is 5.92 Å². The number of anilines is 1. The Bertz CT molecular complexity index is 767. The van der Waals surface area contributed by atoms with Gasteiger partial charge < -0.3 is 15.0 Å². The van der Waals surface area contributed by atoms with Crippen molar-refractivity contribution in [1.82, 2.24) is 15.1 Å². The molecule has 0 saturated carbocycles. The van der Waals surface area contributed by atoms with Gasteiger partial charge in [-0.2, -0.15) is 0 Å². The molecule has 2 amide bonds. The van der Waals surface area contributed by atoms with E-state index in [0.717, 1.165) is 11.4 Å². The number of benzene rings is 1. The summed E-state index contributed by atoms with van der Waals surface area (Å²) in [6, 6.07) is 6.89. The van der Waals surface area contributed by atoms with Gasteiger partial charge in [-0.05, 0) is 30.2 Å². The summed E-state index contributed by atoms with van der Waals surface area (Å²) >= 11 is 1.31. The standard InChI is InChI=1S/C18H22N4O3S/c1-12(2)11-15-20-21-17(26-15)16(23)19-14-5-3-13(4-6-14)18(24)22-7-9-25-10-8-22/h3-6,12H,7-11H2,1-2H3,(H,19,23). The summed E-state index contributed by atoms with van der Waals surface area (Å²) < 4.78 is 5.26. The lowest BCUT2D eigenvalue weighted by Gasteiger charge is -2.26. The van der Waals surface area contributed by atoms with E-state index >= 15 is 0 Å². The number of carbonyl (C=O) groups is 2. The zero-order valence-corrected chi connectivity index (χ0v) is 15.7. The fraction of sp³-hybridized carbons (Fsp3) is 0.444. The maximum absolute atomic E-state index is 12.4. The highest BCUT2D eigenvalue weighted by molar-refractivity contribution is 7.13. The van der Waals surface area contributed by atoms with Gasteiger partial charge in [-0.3, -0.25) is 9.59 Å². The van der Waals surface area contributed by atoms with Crippen LogP contribution in [0.5, 0.6) is 0 Å². The van der Waals surface area contributed by atoms with Crippen molar-refractivity contribution in [1.29, 1.82) is 0 Å². The van der Waals surface area contributed by atoms with Crippen LogP contribution in [0.1, 0.15) is 39.0 Å². The normalized spacial score (nSPS) is 14.5. The predicted molar refractivity (Wildman–Crippen MR) is 99.6 cm³/mol. The molecule has 138 valence electrons. The Kier molecular flexibility index (Phi) is 5.95. The maximum Gasteiger partial charge on any atom is 0.286 e. The first-order valence-corrected chi connectivity index (χ1v) is 9.45. The first kappa shape index (κ1) is 18.5. The van der Waals surface area contributed by atoms with Gasteiger partial charge in [-0.25, -0.2) is 0 Å². The third-order valence-corrected chi connectivity index (χ3v) is 4.88. The van der Waals surface area contributed by atoms with Crippen LogP contribution in [0.3, 0.4) is 0 Å². The molecular formula is C18H22N4O3S. The second-order valence-electron chi connectivity index (χ2n) is 6.53. The molecular weight excluding hydrogens is 352 g/mol. The Labute approximate surface area is 156 Å². The Balaban J connectivity index is 1.60. The van der Waals surface area contributed by atoms with Crippen molar-refractivity contribution in [3.8, 4) is 0 Å². The number of hydrogen-bond donors (Lipinski definition) is 1. The molecule has 3 rings (SSSR count). The average Bonchev–Trinajstić information content (AvgIpc) is 3.10. The van der Waals surface area contributed by atoms with Crippen molar-refractivity contribution in [2.45, 2.75) is 20.3 Å². The molecule has 0 aliphatic carbocycles. The highest BCUT2D eigenvalue weighted by Gasteiger charge is 2.19. The third-order valence-electron chi connectivity index (χ3n) is 3.93. The monoisotopic (exact) mass is 374 g/mol. The molecule has 0 radical (unpaired) electrons. The number of nitrogens with one attached hydrogen (secondary N) is 1. The van der Waals surface area contributed by atoms with Crippen LogP contribution in [0.25, 0.3) is 0 Å². The molecule has 2 heterocycles. The molecule has 7 nitrogen and oxygen atoms in total. The zero-order chi connectivity index (χ0) is 18.5. The van der Waals surface area contributed by atoms with Crippen molar-refractivity contribution in [2.75, 3.05) is 31.6 Å². The molecule has 1 aliphatic rings. The molecule has 2 aromatic rings. The zero-order valence-electron chi connectivity index (χ0n) is 14.9. The topological polar surface area (TPSA) is 84.4 Å². The number of aromatic nitrogens is 2. The highest BCUT2D eigenvalue weighted by atomic mass is 32.1. The Morgan fingerprint density at radius 3 is 2.54 bits per heavy atom. The summed E-state index contributed by atoms with van der Waals surface area (Å²) in [7, 11) is 0. The number of carbonyl (C=O) groups excluding carboxylic acids is 2. The molecule has 8 heteroatoms. The highest BCUT2D eigenvalue weighted by Crippen LogP contribution is 2.17. The maximum atomic E-state index is 12.4. The molecule has 1 saturated heterocycles. The summed E-state index contributed by atoms with van der Waals surface area (Å²) in [5.74, 6) is 0.161. The minimum Gasteiger partial charge on any atom is -0.378 e. The van der Waals surface area contributed by atoms with Crippen molar-refractivity contribution < 1.29 is 14.3 Å². The van der Waals surface area contributed by atoms with E-state index in [1.54, 1.807) is 29.2 Å². The summed E-state index contributed by atoms with van der Waals surface area (Å²) in [4.78, 5) is 26.5. The largest absolute Gasteiger partial charge is 0.378 e. The van der Waals surface area contributed by atoms with Crippen LogP contribution in [0.2, 0.25) is 0 Å². The number of ether oxygens (including phenoxy) is 1. The molecule has 0 unspecified atom stereocenters. The van der Waals surface area contributed by atoms with E-state index in [1.807, 2.05) is 0 Å². The Morgan fingerprint density at radius 1 is 1.19 bits per heavy atom. The van der Waals surface area contributed by atoms with Crippen molar-refractivity contribution >= 4 is 28.8 Å². The molecule has 1 fully saturated rings. The van der Waals surface area contributed by atoms with Gasteiger partial charge in [0.05, 0.1) is 13.2 Å².